The lowest BCUT2D eigenvalue weighted by atomic mass is 10.1. The molecule has 0 spiro atoms. The van der Waals surface area contributed by atoms with Gasteiger partial charge in [-0.3, -0.25) is 9.10 Å². The summed E-state index contributed by atoms with van der Waals surface area (Å²) in [6.07, 6.45) is 1.68. The van der Waals surface area contributed by atoms with Crippen LogP contribution in [0.1, 0.15) is 12.0 Å². The van der Waals surface area contributed by atoms with Gasteiger partial charge in [-0.25, -0.2) is 8.42 Å². The molecule has 1 aliphatic heterocycles. The lowest BCUT2D eigenvalue weighted by Crippen LogP contribution is -2.50. The lowest BCUT2D eigenvalue weighted by molar-refractivity contribution is -0.127. The zero-order valence-electron chi connectivity index (χ0n) is 14.9. The summed E-state index contributed by atoms with van der Waals surface area (Å²) in [5.41, 5.74) is 1.47. The molecule has 0 aliphatic carbocycles. The van der Waals surface area contributed by atoms with E-state index in [2.05, 4.69) is 5.32 Å². The van der Waals surface area contributed by atoms with Crippen molar-refractivity contribution in [3.8, 4) is 5.75 Å². The summed E-state index contributed by atoms with van der Waals surface area (Å²) in [7, 11) is -3.51. The van der Waals surface area contributed by atoms with E-state index in [4.69, 9.17) is 16.3 Å². The van der Waals surface area contributed by atoms with Gasteiger partial charge in [-0.15, -0.1) is 0 Å². The molecule has 3 rings (SSSR count). The van der Waals surface area contributed by atoms with Gasteiger partial charge in [0, 0.05) is 11.6 Å². The largest absolute Gasteiger partial charge is 0.476 e. The van der Waals surface area contributed by atoms with E-state index in [9.17, 15) is 13.2 Å². The van der Waals surface area contributed by atoms with E-state index in [0.717, 1.165) is 18.2 Å². The van der Waals surface area contributed by atoms with Crippen molar-refractivity contribution >= 4 is 33.2 Å². The van der Waals surface area contributed by atoms with Crippen LogP contribution in [-0.2, 0) is 21.2 Å². The number of carbonyl (C=O) groups is 1. The molecule has 1 N–H and O–H groups in total. The molecule has 144 valence electrons. The van der Waals surface area contributed by atoms with Gasteiger partial charge in [-0.2, -0.15) is 0 Å². The fourth-order valence-corrected chi connectivity index (χ4v) is 4.10. The maximum atomic E-state index is 12.5. The first-order valence-electron chi connectivity index (χ1n) is 8.61. The fourth-order valence-electron chi connectivity index (χ4n) is 2.96. The molecule has 1 amide bonds. The SMILES string of the molecule is CS(=O)(=O)N1C[C@H](C(=O)NCCCc2ccccc2Cl)Oc2ccccc21. The Labute approximate surface area is 164 Å². The summed E-state index contributed by atoms with van der Waals surface area (Å²) >= 11 is 6.12. The molecule has 0 unspecified atom stereocenters. The number of fused-ring (bicyclic) bond motifs is 1. The molecule has 0 saturated heterocycles. The van der Waals surface area contributed by atoms with Crippen molar-refractivity contribution in [2.45, 2.75) is 18.9 Å². The van der Waals surface area contributed by atoms with E-state index >= 15 is 0 Å². The van der Waals surface area contributed by atoms with E-state index in [1.54, 1.807) is 24.3 Å². The first kappa shape index (κ1) is 19.5. The normalized spacial score (nSPS) is 16.4. The number of benzene rings is 2. The minimum absolute atomic E-state index is 0.0494. The van der Waals surface area contributed by atoms with Gasteiger partial charge in [0.15, 0.2) is 6.10 Å². The van der Waals surface area contributed by atoms with Crippen LogP contribution in [0, 0.1) is 0 Å². The summed E-state index contributed by atoms with van der Waals surface area (Å²) in [6.45, 7) is 0.399. The highest BCUT2D eigenvalue weighted by atomic mass is 35.5. The van der Waals surface area contributed by atoms with Crippen LogP contribution in [0.5, 0.6) is 5.75 Å². The molecule has 1 aliphatic rings. The van der Waals surface area contributed by atoms with Gasteiger partial charge in [0.2, 0.25) is 10.0 Å². The van der Waals surface area contributed by atoms with Crippen LogP contribution in [0.3, 0.4) is 0 Å². The van der Waals surface area contributed by atoms with Crippen molar-refractivity contribution < 1.29 is 17.9 Å². The van der Waals surface area contributed by atoms with Crippen molar-refractivity contribution in [1.29, 1.82) is 0 Å². The molecular weight excluding hydrogens is 388 g/mol. The Balaban J connectivity index is 1.60. The number of halogens is 1. The van der Waals surface area contributed by atoms with E-state index in [1.807, 2.05) is 24.3 Å². The second-order valence-electron chi connectivity index (χ2n) is 6.35. The molecule has 0 bridgehead atoms. The van der Waals surface area contributed by atoms with Crippen LogP contribution in [0.2, 0.25) is 5.02 Å². The highest BCUT2D eigenvalue weighted by Crippen LogP contribution is 2.34. The monoisotopic (exact) mass is 408 g/mol. The summed E-state index contributed by atoms with van der Waals surface area (Å²) in [4.78, 5) is 12.5. The third kappa shape index (κ3) is 4.73. The standard InChI is InChI=1S/C19H21ClN2O4S/c1-27(24,25)22-13-18(26-17-11-5-4-10-16(17)22)19(23)21-12-6-8-14-7-2-3-9-15(14)20/h2-5,7,9-11,18H,6,8,12-13H2,1H3,(H,21,23)/t18-/m1/s1. The van der Waals surface area contributed by atoms with Gasteiger partial charge in [0.25, 0.3) is 5.91 Å². The van der Waals surface area contributed by atoms with Crippen molar-refractivity contribution in [1.82, 2.24) is 5.32 Å². The Bertz CT molecular complexity index is 933. The molecular formula is C19H21ClN2O4S. The lowest BCUT2D eigenvalue weighted by Gasteiger charge is -2.33. The molecule has 0 aromatic heterocycles. The minimum Gasteiger partial charge on any atom is -0.476 e. The Morgan fingerprint density at radius 2 is 1.93 bits per heavy atom. The number of nitrogens with one attached hydrogen (secondary N) is 1. The Hall–Kier alpha value is -2.25. The molecule has 6 nitrogen and oxygen atoms in total. The molecule has 27 heavy (non-hydrogen) atoms. The van der Waals surface area contributed by atoms with Gasteiger partial charge in [0.05, 0.1) is 18.5 Å². The number of amides is 1. The topological polar surface area (TPSA) is 75.7 Å². The number of hydrogen-bond donors (Lipinski definition) is 1. The van der Waals surface area contributed by atoms with Gasteiger partial charge in [-0.1, -0.05) is 41.9 Å². The third-order valence-corrected chi connectivity index (χ3v) is 5.82. The molecule has 2 aromatic carbocycles. The van der Waals surface area contributed by atoms with Crippen molar-refractivity contribution in [3.63, 3.8) is 0 Å². The minimum atomic E-state index is -3.51. The maximum Gasteiger partial charge on any atom is 0.263 e. The quantitative estimate of drug-likeness (QED) is 0.745. The van der Waals surface area contributed by atoms with Gasteiger partial charge in [-0.05, 0) is 36.6 Å². The first-order chi connectivity index (χ1) is 12.9. The molecule has 8 heteroatoms. The van der Waals surface area contributed by atoms with Crippen LogP contribution in [-0.4, -0.2) is 39.8 Å². The molecule has 1 atom stereocenters. The Kier molecular flexibility index (Phi) is 5.92. The average Bonchev–Trinajstić information content (AvgIpc) is 2.64. The highest BCUT2D eigenvalue weighted by molar-refractivity contribution is 7.92. The number of carbonyl (C=O) groups excluding carboxylic acids is 1. The first-order valence-corrected chi connectivity index (χ1v) is 10.8. The molecule has 0 radical (unpaired) electrons. The fraction of sp³-hybridized carbons (Fsp3) is 0.316. The van der Waals surface area contributed by atoms with Gasteiger partial charge in [0.1, 0.15) is 5.75 Å². The summed E-state index contributed by atoms with van der Waals surface area (Å²) in [5.74, 6) is 0.0442. The number of aryl methyl sites for hydroxylation is 1. The zero-order chi connectivity index (χ0) is 19.4. The summed E-state index contributed by atoms with van der Waals surface area (Å²) in [6, 6.07) is 14.4. The molecule has 1 heterocycles. The van der Waals surface area contributed by atoms with Crippen molar-refractivity contribution in [3.05, 3.63) is 59.1 Å². The van der Waals surface area contributed by atoms with E-state index in [0.29, 0.717) is 29.4 Å². The van der Waals surface area contributed by atoms with E-state index in [-0.39, 0.29) is 12.5 Å². The smallest absolute Gasteiger partial charge is 0.263 e. The summed E-state index contributed by atoms with van der Waals surface area (Å²) < 4.78 is 31.1. The summed E-state index contributed by atoms with van der Waals surface area (Å²) in [5, 5.41) is 3.52. The average molecular weight is 409 g/mol. The molecule has 2 aromatic rings. The maximum absolute atomic E-state index is 12.5. The second kappa shape index (κ2) is 8.19. The zero-order valence-corrected chi connectivity index (χ0v) is 16.5. The van der Waals surface area contributed by atoms with E-state index in [1.165, 1.54) is 4.31 Å². The highest BCUT2D eigenvalue weighted by Gasteiger charge is 2.34. The van der Waals surface area contributed by atoms with E-state index < -0.39 is 16.1 Å². The predicted molar refractivity (Wildman–Crippen MR) is 106 cm³/mol. The number of sulfonamides is 1. The van der Waals surface area contributed by atoms with Crippen LogP contribution in [0.25, 0.3) is 0 Å². The number of hydrogen-bond acceptors (Lipinski definition) is 4. The number of ether oxygens (including phenoxy) is 1. The molecule has 0 saturated carbocycles. The third-order valence-electron chi connectivity index (χ3n) is 4.31. The van der Waals surface area contributed by atoms with Crippen molar-refractivity contribution in [2.75, 3.05) is 23.7 Å². The second-order valence-corrected chi connectivity index (χ2v) is 8.67. The van der Waals surface area contributed by atoms with Gasteiger partial charge >= 0.3 is 0 Å². The van der Waals surface area contributed by atoms with Crippen molar-refractivity contribution in [2.24, 2.45) is 0 Å². The van der Waals surface area contributed by atoms with Crippen LogP contribution in [0.15, 0.2) is 48.5 Å². The van der Waals surface area contributed by atoms with Crippen LogP contribution in [0.4, 0.5) is 5.69 Å². The number of anilines is 1. The number of nitrogens with zero attached hydrogens (tertiary/aromatic N) is 1. The van der Waals surface area contributed by atoms with Crippen LogP contribution < -0.4 is 14.4 Å². The number of rotatable bonds is 6. The Morgan fingerprint density at radius 3 is 2.67 bits per heavy atom. The molecule has 0 fully saturated rings. The Morgan fingerprint density at radius 1 is 1.22 bits per heavy atom. The van der Waals surface area contributed by atoms with Gasteiger partial charge < -0.3 is 10.1 Å². The number of para-hydroxylation sites is 2. The predicted octanol–water partition coefficient (Wildman–Crippen LogP) is 2.62. The van der Waals surface area contributed by atoms with Crippen LogP contribution >= 0.6 is 11.6 Å².